The number of H-pyrrole nitrogens is 1. The van der Waals surface area contributed by atoms with Crippen LogP contribution in [0.15, 0.2) is 52.3 Å². The molecule has 1 aliphatic heterocycles. The first-order valence-corrected chi connectivity index (χ1v) is 9.52. The van der Waals surface area contributed by atoms with E-state index >= 15 is 0 Å². The summed E-state index contributed by atoms with van der Waals surface area (Å²) >= 11 is 1.72. The first kappa shape index (κ1) is 18.2. The lowest BCUT2D eigenvalue weighted by Crippen LogP contribution is -2.46. The van der Waals surface area contributed by atoms with Crippen LogP contribution in [0.2, 0.25) is 0 Å². The van der Waals surface area contributed by atoms with Crippen molar-refractivity contribution < 1.29 is 9.50 Å². The van der Waals surface area contributed by atoms with Crippen molar-refractivity contribution in [2.24, 2.45) is 0 Å². The Morgan fingerprint density at radius 1 is 1.16 bits per heavy atom. The molecule has 2 heterocycles. The minimum atomic E-state index is -0.694. The van der Waals surface area contributed by atoms with Crippen LogP contribution in [-0.2, 0) is 6.42 Å². The van der Waals surface area contributed by atoms with Crippen molar-refractivity contribution in [2.75, 3.05) is 25.4 Å². The normalized spacial score (nSPS) is 17.5. The summed E-state index contributed by atoms with van der Waals surface area (Å²) < 4.78 is 13.0. The van der Waals surface area contributed by atoms with E-state index in [4.69, 9.17) is 0 Å². The minimum Gasteiger partial charge on any atom is -0.389 e. The zero-order chi connectivity index (χ0) is 17.7. The molecule has 0 atom stereocenters. The van der Waals surface area contributed by atoms with Gasteiger partial charge in [0.1, 0.15) is 5.82 Å². The summed E-state index contributed by atoms with van der Waals surface area (Å²) in [6.07, 6.45) is 3.78. The molecule has 0 amide bonds. The van der Waals surface area contributed by atoms with Gasteiger partial charge in [0.2, 0.25) is 5.56 Å². The molecule has 6 heteroatoms. The summed E-state index contributed by atoms with van der Waals surface area (Å²) in [6.45, 7) is 2.68. The average Bonchev–Trinajstić information content (AvgIpc) is 2.61. The zero-order valence-electron chi connectivity index (χ0n) is 14.1. The molecule has 2 aromatic rings. The van der Waals surface area contributed by atoms with Crippen LogP contribution in [0.25, 0.3) is 0 Å². The Morgan fingerprint density at radius 3 is 2.52 bits per heavy atom. The SMILES string of the molecule is O=c1ccc(SCCN2CCC(O)(Cc3ccc(F)cc3)CC2)c[nH]1. The van der Waals surface area contributed by atoms with Gasteiger partial charge >= 0.3 is 0 Å². The predicted molar refractivity (Wildman–Crippen MR) is 98.5 cm³/mol. The van der Waals surface area contributed by atoms with Gasteiger partial charge in [0.15, 0.2) is 0 Å². The molecule has 25 heavy (non-hydrogen) atoms. The van der Waals surface area contributed by atoms with Gasteiger partial charge in [-0.05, 0) is 36.6 Å². The van der Waals surface area contributed by atoms with Gasteiger partial charge in [-0.25, -0.2) is 4.39 Å². The van der Waals surface area contributed by atoms with Crippen molar-refractivity contribution in [3.8, 4) is 0 Å². The summed E-state index contributed by atoms with van der Waals surface area (Å²) in [4.78, 5) is 17.1. The Hall–Kier alpha value is -1.63. The highest BCUT2D eigenvalue weighted by Gasteiger charge is 2.32. The maximum Gasteiger partial charge on any atom is 0.247 e. The van der Waals surface area contributed by atoms with Crippen LogP contribution in [0.5, 0.6) is 0 Å². The quantitative estimate of drug-likeness (QED) is 0.776. The highest BCUT2D eigenvalue weighted by molar-refractivity contribution is 7.99. The molecule has 1 aromatic carbocycles. The van der Waals surface area contributed by atoms with Gasteiger partial charge < -0.3 is 15.0 Å². The summed E-state index contributed by atoms with van der Waals surface area (Å²) in [5, 5.41) is 10.8. The van der Waals surface area contributed by atoms with E-state index in [1.54, 1.807) is 36.2 Å². The second-order valence-corrected chi connectivity index (χ2v) is 7.77. The van der Waals surface area contributed by atoms with E-state index in [1.807, 2.05) is 6.07 Å². The molecule has 2 N–H and O–H groups in total. The van der Waals surface area contributed by atoms with Crippen LogP contribution in [0.1, 0.15) is 18.4 Å². The van der Waals surface area contributed by atoms with Crippen LogP contribution in [0.4, 0.5) is 4.39 Å². The molecule has 0 aliphatic carbocycles. The molecule has 0 saturated carbocycles. The first-order valence-electron chi connectivity index (χ1n) is 8.53. The third-order valence-corrected chi connectivity index (χ3v) is 5.64. The first-order chi connectivity index (χ1) is 12.0. The second-order valence-electron chi connectivity index (χ2n) is 6.61. The largest absolute Gasteiger partial charge is 0.389 e. The van der Waals surface area contributed by atoms with Crippen LogP contribution < -0.4 is 5.56 Å². The van der Waals surface area contributed by atoms with Crippen molar-refractivity contribution in [1.82, 2.24) is 9.88 Å². The molecule has 134 valence electrons. The number of hydrogen-bond donors (Lipinski definition) is 2. The molecule has 0 bridgehead atoms. The molecule has 1 aliphatic rings. The Balaban J connectivity index is 1.42. The molecular formula is C19H23FN2O2S. The maximum absolute atomic E-state index is 13.0. The van der Waals surface area contributed by atoms with Gasteiger partial charge in [0.25, 0.3) is 0 Å². The standard InChI is InChI=1S/C19H23FN2O2S/c20-16-3-1-15(2-4-16)13-19(24)7-9-22(10-8-19)11-12-25-17-5-6-18(23)21-14-17/h1-6,14,24H,7-13H2,(H,21,23). The molecule has 1 aromatic heterocycles. The van der Waals surface area contributed by atoms with Crippen molar-refractivity contribution in [3.63, 3.8) is 0 Å². The molecule has 1 fully saturated rings. The van der Waals surface area contributed by atoms with Crippen molar-refractivity contribution in [3.05, 3.63) is 64.3 Å². The van der Waals surface area contributed by atoms with Crippen LogP contribution in [-0.4, -0.2) is 46.0 Å². The fraction of sp³-hybridized carbons (Fsp3) is 0.421. The summed E-state index contributed by atoms with van der Waals surface area (Å²) in [7, 11) is 0. The molecule has 4 nitrogen and oxygen atoms in total. The lowest BCUT2D eigenvalue weighted by atomic mass is 9.85. The number of benzene rings is 1. The predicted octanol–water partition coefficient (Wildman–Crippen LogP) is 2.68. The summed E-state index contributed by atoms with van der Waals surface area (Å²) in [5.74, 6) is 0.702. The van der Waals surface area contributed by atoms with E-state index in [2.05, 4.69) is 9.88 Å². The van der Waals surface area contributed by atoms with Gasteiger partial charge in [0.05, 0.1) is 5.60 Å². The fourth-order valence-electron chi connectivity index (χ4n) is 3.13. The van der Waals surface area contributed by atoms with E-state index in [0.717, 1.165) is 48.7 Å². The Morgan fingerprint density at radius 2 is 1.88 bits per heavy atom. The van der Waals surface area contributed by atoms with Crippen LogP contribution in [0.3, 0.4) is 0 Å². The number of pyridine rings is 1. The van der Waals surface area contributed by atoms with Crippen molar-refractivity contribution in [2.45, 2.75) is 29.8 Å². The highest BCUT2D eigenvalue weighted by atomic mass is 32.2. The van der Waals surface area contributed by atoms with Crippen LogP contribution >= 0.6 is 11.8 Å². The number of aromatic amines is 1. The topological polar surface area (TPSA) is 56.3 Å². The number of aromatic nitrogens is 1. The summed E-state index contributed by atoms with van der Waals surface area (Å²) in [5.41, 5.74) is 0.201. The molecule has 0 radical (unpaired) electrons. The monoisotopic (exact) mass is 362 g/mol. The lowest BCUT2D eigenvalue weighted by Gasteiger charge is -2.38. The summed E-state index contributed by atoms with van der Waals surface area (Å²) in [6, 6.07) is 9.77. The Kier molecular flexibility index (Phi) is 5.93. The average molecular weight is 362 g/mol. The van der Waals surface area contributed by atoms with Gasteiger partial charge in [0, 0.05) is 49.0 Å². The van der Waals surface area contributed by atoms with Crippen molar-refractivity contribution >= 4 is 11.8 Å². The highest BCUT2D eigenvalue weighted by Crippen LogP contribution is 2.27. The van der Waals surface area contributed by atoms with E-state index in [1.165, 1.54) is 12.1 Å². The number of aliphatic hydroxyl groups is 1. The number of thioether (sulfide) groups is 1. The maximum atomic E-state index is 13.0. The number of rotatable bonds is 6. The van der Waals surface area contributed by atoms with E-state index in [-0.39, 0.29) is 11.4 Å². The number of nitrogens with one attached hydrogen (secondary N) is 1. The Labute approximate surface area is 151 Å². The smallest absolute Gasteiger partial charge is 0.247 e. The number of halogens is 1. The molecule has 1 saturated heterocycles. The lowest BCUT2D eigenvalue weighted by molar-refractivity contribution is -0.0192. The third kappa shape index (κ3) is 5.42. The van der Waals surface area contributed by atoms with E-state index in [0.29, 0.717) is 6.42 Å². The van der Waals surface area contributed by atoms with Crippen molar-refractivity contribution in [1.29, 1.82) is 0 Å². The third-order valence-electron chi connectivity index (χ3n) is 4.67. The minimum absolute atomic E-state index is 0.0826. The number of piperidine rings is 1. The molecular weight excluding hydrogens is 339 g/mol. The van der Waals surface area contributed by atoms with E-state index in [9.17, 15) is 14.3 Å². The fourth-order valence-corrected chi connectivity index (χ4v) is 4.02. The van der Waals surface area contributed by atoms with Gasteiger partial charge in [-0.15, -0.1) is 11.8 Å². The van der Waals surface area contributed by atoms with Crippen LogP contribution in [0, 0.1) is 5.82 Å². The van der Waals surface area contributed by atoms with Gasteiger partial charge in [-0.2, -0.15) is 0 Å². The Bertz CT molecular complexity index is 719. The van der Waals surface area contributed by atoms with E-state index < -0.39 is 5.60 Å². The zero-order valence-corrected chi connectivity index (χ0v) is 14.9. The molecule has 0 spiro atoms. The molecule has 0 unspecified atom stereocenters. The number of hydrogen-bond acceptors (Lipinski definition) is 4. The van der Waals surface area contributed by atoms with Gasteiger partial charge in [-0.1, -0.05) is 12.1 Å². The number of likely N-dealkylation sites (tertiary alicyclic amines) is 1. The molecule has 3 rings (SSSR count). The van der Waals surface area contributed by atoms with Gasteiger partial charge in [-0.3, -0.25) is 4.79 Å². The second kappa shape index (κ2) is 8.17. The number of nitrogens with zero attached hydrogens (tertiary/aromatic N) is 1.